The Morgan fingerprint density at radius 3 is 2.42 bits per heavy atom. The highest BCUT2D eigenvalue weighted by Gasteiger charge is 2.52. The molecule has 238 valence electrons. The van der Waals surface area contributed by atoms with Gasteiger partial charge in [-0.05, 0) is 50.7 Å². The van der Waals surface area contributed by atoms with E-state index >= 15 is 0 Å². The van der Waals surface area contributed by atoms with E-state index in [0.717, 1.165) is 36.3 Å². The van der Waals surface area contributed by atoms with Crippen molar-refractivity contribution in [2.45, 2.75) is 75.6 Å². The molecule has 3 unspecified atom stereocenters. The summed E-state index contributed by atoms with van der Waals surface area (Å²) in [6.45, 7) is 0.187. The van der Waals surface area contributed by atoms with Crippen molar-refractivity contribution in [2.24, 2.45) is 0 Å². The molecule has 0 spiro atoms. The van der Waals surface area contributed by atoms with Gasteiger partial charge in [-0.1, -0.05) is 23.2 Å². The number of benzene rings is 1. The quantitative estimate of drug-likeness (QED) is 0.249. The second-order valence-corrected chi connectivity index (χ2v) is 12.3. The summed E-state index contributed by atoms with van der Waals surface area (Å²) in [6, 6.07) is 5.57. The molecule has 5 rings (SSSR count). The van der Waals surface area contributed by atoms with E-state index in [9.17, 15) is 19.0 Å². The van der Waals surface area contributed by atoms with Crippen molar-refractivity contribution in [3.63, 3.8) is 0 Å². The molecule has 0 bridgehead atoms. The predicted octanol–water partition coefficient (Wildman–Crippen LogP) is 3.73. The third kappa shape index (κ3) is 8.89. The molecule has 0 aliphatic carbocycles. The summed E-state index contributed by atoms with van der Waals surface area (Å²) < 4.78 is 60.1. The van der Waals surface area contributed by atoms with Crippen LogP contribution in [-0.4, -0.2) is 72.0 Å². The molecule has 17 heteroatoms. The van der Waals surface area contributed by atoms with Gasteiger partial charge in [-0.3, -0.25) is 18.9 Å². The molecule has 0 radical (unpaired) electrons. The Balaban J connectivity index is 1.37. The van der Waals surface area contributed by atoms with Crippen molar-refractivity contribution >= 4 is 31.0 Å². The molecule has 2 aromatic rings. The van der Waals surface area contributed by atoms with Crippen molar-refractivity contribution in [3.05, 3.63) is 61.3 Å². The molecule has 3 aliphatic rings. The largest absolute Gasteiger partial charge is 0.475 e. The molecule has 0 amide bonds. The molecule has 43 heavy (non-hydrogen) atoms. The molecule has 1 aromatic heterocycles. The van der Waals surface area contributed by atoms with Crippen LogP contribution in [0.2, 0.25) is 10.0 Å². The number of aromatic amines is 1. The number of halogens is 2. The van der Waals surface area contributed by atoms with Gasteiger partial charge in [-0.25, -0.2) is 13.9 Å². The summed E-state index contributed by atoms with van der Waals surface area (Å²) in [6.07, 6.45) is 0.0644. The van der Waals surface area contributed by atoms with Crippen LogP contribution < -0.4 is 16.0 Å². The fourth-order valence-corrected chi connectivity index (χ4v) is 6.01. The SMILES string of the molecule is O=c1ccn([C@@H]2O[C@H](COC3CCCCO3)[C@@H](OP(=O)(O)OCOc3ccc(Cl)c(Cl)c3)[C@H]2OC2CCCCO2)c(=O)[nH]1. The van der Waals surface area contributed by atoms with Gasteiger partial charge in [0.15, 0.2) is 25.6 Å². The lowest BCUT2D eigenvalue weighted by molar-refractivity contribution is -0.215. The Hall–Kier alpha value is -1.81. The van der Waals surface area contributed by atoms with E-state index in [-0.39, 0.29) is 17.4 Å². The van der Waals surface area contributed by atoms with Gasteiger partial charge in [0.2, 0.25) is 0 Å². The number of phosphoric ester groups is 1. The van der Waals surface area contributed by atoms with Crippen LogP contribution in [0.4, 0.5) is 0 Å². The number of nitrogens with one attached hydrogen (secondary N) is 1. The summed E-state index contributed by atoms with van der Waals surface area (Å²) in [5.41, 5.74) is -1.38. The molecule has 4 heterocycles. The molecule has 3 aliphatic heterocycles. The first-order chi connectivity index (χ1) is 20.7. The number of hydrogen-bond donors (Lipinski definition) is 2. The zero-order valence-corrected chi connectivity index (χ0v) is 25.4. The van der Waals surface area contributed by atoms with Gasteiger partial charge in [0.25, 0.3) is 5.56 Å². The summed E-state index contributed by atoms with van der Waals surface area (Å²) in [5, 5.41) is 0.535. The molecular formula is C26H33Cl2N2O12P. The van der Waals surface area contributed by atoms with Crippen molar-refractivity contribution < 1.29 is 46.9 Å². The monoisotopic (exact) mass is 666 g/mol. The molecule has 7 atom stereocenters. The van der Waals surface area contributed by atoms with Gasteiger partial charge in [-0.15, -0.1) is 0 Å². The van der Waals surface area contributed by atoms with E-state index in [1.807, 2.05) is 0 Å². The third-order valence-corrected chi connectivity index (χ3v) is 8.71. The van der Waals surface area contributed by atoms with Crippen LogP contribution in [0.15, 0.2) is 40.1 Å². The first-order valence-electron chi connectivity index (χ1n) is 13.9. The summed E-state index contributed by atoms with van der Waals surface area (Å²) in [7, 11) is -4.84. The lowest BCUT2D eigenvalue weighted by Crippen LogP contribution is -2.43. The van der Waals surface area contributed by atoms with E-state index in [4.69, 9.17) is 60.7 Å². The normalized spacial score (nSPS) is 29.3. The summed E-state index contributed by atoms with van der Waals surface area (Å²) >= 11 is 11.9. The summed E-state index contributed by atoms with van der Waals surface area (Å²) in [4.78, 5) is 37.4. The van der Waals surface area contributed by atoms with Crippen LogP contribution in [0.1, 0.15) is 44.8 Å². The second-order valence-electron chi connectivity index (χ2n) is 10.1. The summed E-state index contributed by atoms with van der Waals surface area (Å²) in [5.74, 6) is 0.241. The Labute approximate surface area is 256 Å². The number of nitrogens with zero attached hydrogens (tertiary/aromatic N) is 1. The maximum absolute atomic E-state index is 13.2. The number of aromatic nitrogens is 2. The molecule has 3 fully saturated rings. The van der Waals surface area contributed by atoms with Crippen LogP contribution >= 0.6 is 31.0 Å². The lowest BCUT2D eigenvalue weighted by Gasteiger charge is -2.31. The zero-order chi connectivity index (χ0) is 30.4. The molecular weight excluding hydrogens is 634 g/mol. The maximum atomic E-state index is 13.2. The number of ether oxygens (including phenoxy) is 6. The minimum atomic E-state index is -4.84. The number of rotatable bonds is 12. The van der Waals surface area contributed by atoms with Gasteiger partial charge in [0.05, 0.1) is 16.7 Å². The Kier molecular flexibility index (Phi) is 11.4. The Morgan fingerprint density at radius 2 is 1.74 bits per heavy atom. The predicted molar refractivity (Wildman–Crippen MR) is 151 cm³/mol. The molecule has 0 saturated carbocycles. The van der Waals surface area contributed by atoms with E-state index < -0.39 is 63.0 Å². The van der Waals surface area contributed by atoms with E-state index in [0.29, 0.717) is 31.1 Å². The van der Waals surface area contributed by atoms with Crippen molar-refractivity contribution in [2.75, 3.05) is 26.6 Å². The molecule has 1 aromatic carbocycles. The fourth-order valence-electron chi connectivity index (χ4n) is 4.92. The average Bonchev–Trinajstić information content (AvgIpc) is 3.30. The van der Waals surface area contributed by atoms with Gasteiger partial charge in [-0.2, -0.15) is 0 Å². The second kappa shape index (κ2) is 15.0. The molecule has 3 saturated heterocycles. The van der Waals surface area contributed by atoms with Crippen LogP contribution in [0.3, 0.4) is 0 Å². The van der Waals surface area contributed by atoms with Crippen LogP contribution in [0.25, 0.3) is 0 Å². The van der Waals surface area contributed by atoms with Gasteiger partial charge in [0, 0.05) is 31.5 Å². The highest BCUT2D eigenvalue weighted by atomic mass is 35.5. The van der Waals surface area contributed by atoms with Crippen molar-refractivity contribution in [1.82, 2.24) is 9.55 Å². The van der Waals surface area contributed by atoms with Gasteiger partial charge < -0.3 is 33.3 Å². The first kappa shape index (κ1) is 32.6. The van der Waals surface area contributed by atoms with E-state index in [2.05, 4.69) is 4.98 Å². The van der Waals surface area contributed by atoms with Crippen LogP contribution in [0, 0.1) is 0 Å². The molecule has 2 N–H and O–H groups in total. The highest BCUT2D eigenvalue weighted by Crippen LogP contribution is 2.49. The van der Waals surface area contributed by atoms with Crippen molar-refractivity contribution in [1.29, 1.82) is 0 Å². The minimum Gasteiger partial charge on any atom is -0.467 e. The average molecular weight is 667 g/mol. The standard InChI is InChI=1S/C26H33Cl2N2O12P/c27-17-8-7-16(13-18(17)28)38-15-39-43(33,34)42-23-19(14-37-21-5-1-3-11-35-21)40-25(30-10-9-20(31)29-26(30)32)24(23)41-22-6-2-4-12-36-22/h7-10,13,19,21-25H,1-6,11-12,14-15H2,(H,33,34)(H,29,31,32)/t19-,21?,22?,23-,24-,25-/m1/s1. The minimum absolute atomic E-state index is 0.130. The van der Waals surface area contributed by atoms with Crippen molar-refractivity contribution in [3.8, 4) is 5.75 Å². The third-order valence-electron chi connectivity index (χ3n) is 7.03. The lowest BCUT2D eigenvalue weighted by atomic mass is 10.1. The van der Waals surface area contributed by atoms with E-state index in [1.165, 1.54) is 24.4 Å². The first-order valence-corrected chi connectivity index (χ1v) is 16.1. The highest BCUT2D eigenvalue weighted by molar-refractivity contribution is 7.47. The van der Waals surface area contributed by atoms with Gasteiger partial charge >= 0.3 is 13.5 Å². The van der Waals surface area contributed by atoms with E-state index in [1.54, 1.807) is 0 Å². The number of phosphoric acid groups is 1. The molecule has 14 nitrogen and oxygen atoms in total. The zero-order valence-electron chi connectivity index (χ0n) is 23.0. The van der Waals surface area contributed by atoms with Crippen LogP contribution in [0.5, 0.6) is 5.75 Å². The maximum Gasteiger partial charge on any atom is 0.475 e. The Bertz CT molecular complexity index is 1380. The number of hydrogen-bond acceptors (Lipinski definition) is 11. The Morgan fingerprint density at radius 1 is 1.00 bits per heavy atom. The topological polar surface area (TPSA) is 166 Å². The van der Waals surface area contributed by atoms with Crippen LogP contribution in [-0.2, 0) is 37.3 Å². The fraction of sp³-hybridized carbons (Fsp3) is 0.615. The smallest absolute Gasteiger partial charge is 0.467 e. The van der Waals surface area contributed by atoms with Gasteiger partial charge in [0.1, 0.15) is 24.1 Å². The number of H-pyrrole nitrogens is 1.